The smallest absolute Gasteiger partial charge is 0.244 e. The summed E-state index contributed by atoms with van der Waals surface area (Å²) in [6.45, 7) is 2.91. The van der Waals surface area contributed by atoms with E-state index in [1.807, 2.05) is 6.07 Å². The molecule has 7 heteroatoms. The molecule has 0 spiro atoms. The van der Waals surface area contributed by atoms with Gasteiger partial charge in [-0.2, -0.15) is 0 Å². The number of benzene rings is 1. The number of hydrogen-bond acceptors (Lipinski definition) is 4. The van der Waals surface area contributed by atoms with Crippen LogP contribution in [-0.2, 0) is 16.4 Å². The number of nitrogens with one attached hydrogen (secondary N) is 2. The van der Waals surface area contributed by atoms with Crippen molar-refractivity contribution in [2.75, 3.05) is 26.2 Å². The number of ether oxygens (including phenoxy) is 1. The number of fused-ring (bicyclic) bond motifs is 1. The van der Waals surface area contributed by atoms with Gasteiger partial charge in [-0.15, -0.1) is 0 Å². The molecule has 3 rings (SSSR count). The molecule has 1 saturated heterocycles. The molecule has 2 heterocycles. The van der Waals surface area contributed by atoms with Crippen LogP contribution in [0.25, 0.3) is 0 Å². The van der Waals surface area contributed by atoms with E-state index in [0.29, 0.717) is 24.8 Å². The van der Waals surface area contributed by atoms with E-state index in [-0.39, 0.29) is 4.90 Å². The molecule has 1 aromatic rings. The van der Waals surface area contributed by atoms with E-state index in [9.17, 15) is 8.42 Å². The summed E-state index contributed by atoms with van der Waals surface area (Å²) >= 11 is 3.38. The molecule has 0 amide bonds. The zero-order valence-corrected chi connectivity index (χ0v) is 14.1. The van der Waals surface area contributed by atoms with Crippen LogP contribution in [0, 0.1) is 5.92 Å². The molecule has 5 nitrogen and oxygen atoms in total. The van der Waals surface area contributed by atoms with Gasteiger partial charge in [0.1, 0.15) is 10.6 Å². The zero-order valence-electron chi connectivity index (χ0n) is 11.7. The van der Waals surface area contributed by atoms with E-state index in [0.717, 1.165) is 42.4 Å². The highest BCUT2D eigenvalue weighted by molar-refractivity contribution is 9.10. The van der Waals surface area contributed by atoms with Crippen LogP contribution in [0.2, 0.25) is 0 Å². The van der Waals surface area contributed by atoms with Crippen molar-refractivity contribution in [3.63, 3.8) is 0 Å². The predicted octanol–water partition coefficient (Wildman–Crippen LogP) is 1.66. The lowest BCUT2D eigenvalue weighted by atomic mass is 10.0. The van der Waals surface area contributed by atoms with E-state index in [1.54, 1.807) is 6.07 Å². The predicted molar refractivity (Wildman–Crippen MR) is 84.1 cm³/mol. The van der Waals surface area contributed by atoms with Gasteiger partial charge in [-0.05, 0) is 44.0 Å². The summed E-state index contributed by atoms with van der Waals surface area (Å²) in [6.07, 6.45) is 2.91. The maximum absolute atomic E-state index is 12.6. The minimum atomic E-state index is -3.54. The van der Waals surface area contributed by atoms with Gasteiger partial charge in [-0.1, -0.05) is 15.9 Å². The van der Waals surface area contributed by atoms with Crippen molar-refractivity contribution in [2.45, 2.75) is 24.2 Å². The number of hydrogen-bond donors (Lipinski definition) is 2. The van der Waals surface area contributed by atoms with Gasteiger partial charge < -0.3 is 10.1 Å². The fraction of sp³-hybridized carbons (Fsp3) is 0.571. The Balaban J connectivity index is 1.78. The lowest BCUT2D eigenvalue weighted by Crippen LogP contribution is -2.38. The maximum Gasteiger partial charge on any atom is 0.244 e. The largest absolute Gasteiger partial charge is 0.492 e. The van der Waals surface area contributed by atoms with Crippen molar-refractivity contribution in [1.29, 1.82) is 0 Å². The zero-order chi connectivity index (χ0) is 14.9. The van der Waals surface area contributed by atoms with Crippen molar-refractivity contribution in [1.82, 2.24) is 10.0 Å². The molecule has 1 atom stereocenters. The van der Waals surface area contributed by atoms with Gasteiger partial charge in [-0.3, -0.25) is 0 Å². The lowest BCUT2D eigenvalue weighted by molar-refractivity contribution is 0.347. The Morgan fingerprint density at radius 1 is 1.43 bits per heavy atom. The van der Waals surface area contributed by atoms with Crippen molar-refractivity contribution < 1.29 is 13.2 Å². The Morgan fingerprint density at radius 3 is 3.05 bits per heavy atom. The highest BCUT2D eigenvalue weighted by atomic mass is 79.9. The summed E-state index contributed by atoms with van der Waals surface area (Å²) in [5.74, 6) is 0.863. The maximum atomic E-state index is 12.6. The summed E-state index contributed by atoms with van der Waals surface area (Å²) in [7, 11) is -3.54. The third kappa shape index (κ3) is 3.41. The first-order chi connectivity index (χ1) is 10.1. The second-order valence-corrected chi connectivity index (χ2v) is 8.21. The Morgan fingerprint density at radius 2 is 2.29 bits per heavy atom. The van der Waals surface area contributed by atoms with Gasteiger partial charge >= 0.3 is 0 Å². The summed E-state index contributed by atoms with van der Waals surface area (Å²) in [4.78, 5) is 0.244. The number of sulfonamides is 1. The first-order valence-electron chi connectivity index (χ1n) is 7.22. The molecule has 1 aromatic carbocycles. The Bertz CT molecular complexity index is 627. The van der Waals surface area contributed by atoms with Gasteiger partial charge in [0.25, 0.3) is 0 Å². The van der Waals surface area contributed by atoms with Crippen LogP contribution in [-0.4, -0.2) is 34.7 Å². The van der Waals surface area contributed by atoms with Crippen molar-refractivity contribution in [2.24, 2.45) is 5.92 Å². The molecule has 0 saturated carbocycles. The molecule has 2 aliphatic rings. The quantitative estimate of drug-likeness (QED) is 0.840. The molecule has 2 N–H and O–H groups in total. The van der Waals surface area contributed by atoms with E-state index in [1.165, 1.54) is 0 Å². The number of halogens is 1. The molecule has 2 aliphatic heterocycles. The Hall–Kier alpha value is -0.630. The lowest BCUT2D eigenvalue weighted by Gasteiger charge is -2.23. The van der Waals surface area contributed by atoms with E-state index >= 15 is 0 Å². The number of rotatable bonds is 4. The van der Waals surface area contributed by atoms with Crippen LogP contribution < -0.4 is 14.8 Å². The molecule has 1 fully saturated rings. The molecule has 0 bridgehead atoms. The van der Waals surface area contributed by atoms with Crippen molar-refractivity contribution in [3.8, 4) is 5.75 Å². The highest BCUT2D eigenvalue weighted by Gasteiger charge is 2.27. The monoisotopic (exact) mass is 374 g/mol. The molecular weight excluding hydrogens is 356 g/mol. The Kier molecular flexibility index (Phi) is 4.54. The molecular formula is C14H19BrN2O3S. The van der Waals surface area contributed by atoms with Crippen LogP contribution in [0.5, 0.6) is 5.75 Å². The molecule has 0 radical (unpaired) electrons. The van der Waals surface area contributed by atoms with Gasteiger partial charge in [-0.25, -0.2) is 13.1 Å². The van der Waals surface area contributed by atoms with E-state index in [2.05, 4.69) is 26.0 Å². The van der Waals surface area contributed by atoms with Crippen LogP contribution >= 0.6 is 15.9 Å². The van der Waals surface area contributed by atoms with E-state index < -0.39 is 10.0 Å². The molecule has 0 aromatic heterocycles. The fourth-order valence-electron chi connectivity index (χ4n) is 2.84. The standard InChI is InChI=1S/C14H19BrN2O3S/c15-12-6-11-3-5-20-14(11)13(7-12)21(18,19)17-9-10-2-1-4-16-8-10/h6-7,10,16-17H,1-5,8-9H2. The Labute approximate surface area is 133 Å². The van der Waals surface area contributed by atoms with Crippen LogP contribution in [0.4, 0.5) is 0 Å². The first-order valence-corrected chi connectivity index (χ1v) is 9.49. The minimum absolute atomic E-state index is 0.244. The summed E-state index contributed by atoms with van der Waals surface area (Å²) in [5, 5.41) is 3.29. The average molecular weight is 375 g/mol. The summed E-state index contributed by atoms with van der Waals surface area (Å²) < 4.78 is 34.1. The first kappa shape index (κ1) is 15.3. The molecule has 21 heavy (non-hydrogen) atoms. The third-order valence-corrected chi connectivity index (χ3v) is 5.85. The van der Waals surface area contributed by atoms with Gasteiger partial charge in [0.2, 0.25) is 10.0 Å². The van der Waals surface area contributed by atoms with Gasteiger partial charge in [0, 0.05) is 23.0 Å². The van der Waals surface area contributed by atoms with Crippen LogP contribution in [0.3, 0.4) is 0 Å². The van der Waals surface area contributed by atoms with Crippen LogP contribution in [0.1, 0.15) is 18.4 Å². The fourth-order valence-corrected chi connectivity index (χ4v) is 4.82. The van der Waals surface area contributed by atoms with Crippen LogP contribution in [0.15, 0.2) is 21.5 Å². The average Bonchev–Trinajstić information content (AvgIpc) is 2.93. The summed E-state index contributed by atoms with van der Waals surface area (Å²) in [5.41, 5.74) is 0.948. The molecule has 116 valence electrons. The summed E-state index contributed by atoms with van der Waals surface area (Å²) in [6, 6.07) is 3.54. The van der Waals surface area contributed by atoms with Gasteiger partial charge in [0.05, 0.1) is 6.61 Å². The normalized spacial score (nSPS) is 21.9. The van der Waals surface area contributed by atoms with Crippen molar-refractivity contribution in [3.05, 3.63) is 22.2 Å². The van der Waals surface area contributed by atoms with E-state index in [4.69, 9.17) is 4.74 Å². The second-order valence-electron chi connectivity index (χ2n) is 5.55. The third-order valence-electron chi connectivity index (χ3n) is 3.96. The van der Waals surface area contributed by atoms with Crippen molar-refractivity contribution >= 4 is 26.0 Å². The topological polar surface area (TPSA) is 67.4 Å². The molecule has 1 unspecified atom stereocenters. The molecule has 0 aliphatic carbocycles. The highest BCUT2D eigenvalue weighted by Crippen LogP contribution is 2.35. The van der Waals surface area contributed by atoms with Gasteiger partial charge in [0.15, 0.2) is 0 Å². The number of piperidine rings is 1. The second kappa shape index (κ2) is 6.24. The SMILES string of the molecule is O=S(=O)(NCC1CCCNC1)c1cc(Br)cc2c1OCC2. The minimum Gasteiger partial charge on any atom is -0.492 e.